The number of anilines is 2. The van der Waals surface area contributed by atoms with Gasteiger partial charge in [0, 0.05) is 26.7 Å². The molecule has 0 radical (unpaired) electrons. The van der Waals surface area contributed by atoms with E-state index < -0.39 is 5.82 Å². The number of nitrogens with zero attached hydrogens (tertiary/aromatic N) is 3. The van der Waals surface area contributed by atoms with Crippen LogP contribution >= 0.6 is 0 Å². The van der Waals surface area contributed by atoms with Crippen molar-refractivity contribution in [3.63, 3.8) is 0 Å². The second kappa shape index (κ2) is 7.78. The van der Waals surface area contributed by atoms with E-state index in [-0.39, 0.29) is 12.4 Å². The Balaban J connectivity index is 2.89. The quantitative estimate of drug-likeness (QED) is 0.707. The van der Waals surface area contributed by atoms with E-state index in [1.54, 1.807) is 12.0 Å². The van der Waals surface area contributed by atoms with Crippen LogP contribution in [-0.2, 0) is 4.74 Å². The Labute approximate surface area is 106 Å². The number of aliphatic hydroxyl groups is 1. The molecule has 0 amide bonds. The summed E-state index contributed by atoms with van der Waals surface area (Å²) < 4.78 is 18.6. The van der Waals surface area contributed by atoms with Crippen molar-refractivity contribution in [2.45, 2.75) is 6.92 Å². The number of hydrogen-bond donors (Lipinski definition) is 2. The SMILES string of the molecule is CCNc1ncc(F)c(N(CCO)CCOC)n1. The topological polar surface area (TPSA) is 70.5 Å². The molecule has 0 spiro atoms. The van der Waals surface area contributed by atoms with E-state index in [4.69, 9.17) is 9.84 Å². The molecular formula is C11H19FN4O2. The molecule has 0 fully saturated rings. The predicted octanol–water partition coefficient (Wildman–Crippen LogP) is 0.493. The smallest absolute Gasteiger partial charge is 0.224 e. The average Bonchev–Trinajstić information content (AvgIpc) is 2.37. The first-order chi connectivity index (χ1) is 8.72. The molecule has 7 heteroatoms. The van der Waals surface area contributed by atoms with Crippen molar-refractivity contribution in [2.24, 2.45) is 0 Å². The Morgan fingerprint density at radius 2 is 2.28 bits per heavy atom. The van der Waals surface area contributed by atoms with Gasteiger partial charge in [0.1, 0.15) is 0 Å². The molecule has 0 bridgehead atoms. The van der Waals surface area contributed by atoms with E-state index in [2.05, 4.69) is 15.3 Å². The van der Waals surface area contributed by atoms with Crippen LogP contribution in [0.3, 0.4) is 0 Å². The molecule has 0 atom stereocenters. The minimum atomic E-state index is -0.513. The number of hydrogen-bond acceptors (Lipinski definition) is 6. The van der Waals surface area contributed by atoms with Crippen molar-refractivity contribution in [1.82, 2.24) is 9.97 Å². The Bertz CT molecular complexity index is 365. The largest absolute Gasteiger partial charge is 0.395 e. The molecule has 1 aromatic heterocycles. The molecular weight excluding hydrogens is 239 g/mol. The van der Waals surface area contributed by atoms with Crippen LogP contribution in [0.5, 0.6) is 0 Å². The van der Waals surface area contributed by atoms with Crippen LogP contribution in [0.4, 0.5) is 16.2 Å². The Morgan fingerprint density at radius 3 is 2.89 bits per heavy atom. The molecule has 0 aliphatic rings. The summed E-state index contributed by atoms with van der Waals surface area (Å²) in [6, 6.07) is 0. The first-order valence-electron chi connectivity index (χ1n) is 5.84. The molecule has 6 nitrogen and oxygen atoms in total. The molecule has 0 aromatic carbocycles. The summed E-state index contributed by atoms with van der Waals surface area (Å²) >= 11 is 0. The van der Waals surface area contributed by atoms with E-state index in [1.165, 1.54) is 0 Å². The van der Waals surface area contributed by atoms with Gasteiger partial charge in [-0.3, -0.25) is 0 Å². The van der Waals surface area contributed by atoms with Gasteiger partial charge in [0.05, 0.1) is 19.4 Å². The highest BCUT2D eigenvalue weighted by Gasteiger charge is 2.14. The fourth-order valence-electron chi connectivity index (χ4n) is 1.47. The third-order valence-corrected chi connectivity index (χ3v) is 2.30. The second-order valence-electron chi connectivity index (χ2n) is 3.60. The van der Waals surface area contributed by atoms with Crippen molar-refractivity contribution < 1.29 is 14.2 Å². The van der Waals surface area contributed by atoms with E-state index in [1.807, 2.05) is 6.92 Å². The minimum Gasteiger partial charge on any atom is -0.395 e. The van der Waals surface area contributed by atoms with E-state index in [0.29, 0.717) is 32.2 Å². The number of methoxy groups -OCH3 is 1. The monoisotopic (exact) mass is 258 g/mol. The zero-order valence-electron chi connectivity index (χ0n) is 10.7. The number of aromatic nitrogens is 2. The molecule has 0 unspecified atom stereocenters. The number of halogens is 1. The summed E-state index contributed by atoms with van der Waals surface area (Å²) in [6.07, 6.45) is 1.12. The van der Waals surface area contributed by atoms with Gasteiger partial charge >= 0.3 is 0 Å². The third-order valence-electron chi connectivity index (χ3n) is 2.30. The molecule has 0 saturated heterocycles. The Morgan fingerprint density at radius 1 is 1.50 bits per heavy atom. The van der Waals surface area contributed by atoms with Crippen molar-refractivity contribution in [3.05, 3.63) is 12.0 Å². The predicted molar refractivity (Wildman–Crippen MR) is 67.3 cm³/mol. The van der Waals surface area contributed by atoms with E-state index in [9.17, 15) is 4.39 Å². The normalized spacial score (nSPS) is 10.4. The maximum absolute atomic E-state index is 13.7. The summed E-state index contributed by atoms with van der Waals surface area (Å²) in [5, 5.41) is 11.9. The fourth-order valence-corrected chi connectivity index (χ4v) is 1.47. The lowest BCUT2D eigenvalue weighted by Gasteiger charge is -2.23. The van der Waals surface area contributed by atoms with Gasteiger partial charge in [0.2, 0.25) is 5.95 Å². The Hall–Kier alpha value is -1.47. The van der Waals surface area contributed by atoms with Crippen molar-refractivity contribution >= 4 is 11.8 Å². The maximum Gasteiger partial charge on any atom is 0.224 e. The zero-order chi connectivity index (χ0) is 13.4. The van der Waals surface area contributed by atoms with Crippen LogP contribution in [0.1, 0.15) is 6.92 Å². The van der Waals surface area contributed by atoms with Crippen molar-refractivity contribution in [1.29, 1.82) is 0 Å². The van der Waals surface area contributed by atoms with Crippen molar-refractivity contribution in [3.8, 4) is 0 Å². The highest BCUT2D eigenvalue weighted by molar-refractivity contribution is 5.43. The van der Waals surface area contributed by atoms with Crippen LogP contribution < -0.4 is 10.2 Å². The van der Waals surface area contributed by atoms with E-state index >= 15 is 0 Å². The summed E-state index contributed by atoms with van der Waals surface area (Å²) in [5.74, 6) is 0.0301. The van der Waals surface area contributed by atoms with Gasteiger partial charge in [-0.2, -0.15) is 4.98 Å². The second-order valence-corrected chi connectivity index (χ2v) is 3.60. The van der Waals surface area contributed by atoms with Gasteiger partial charge in [-0.15, -0.1) is 0 Å². The van der Waals surface area contributed by atoms with Crippen LogP contribution in [0.2, 0.25) is 0 Å². The standard InChI is InChI=1S/C11H19FN4O2/c1-3-13-11-14-8-9(12)10(15-11)16(4-6-17)5-7-18-2/h8,17H,3-7H2,1-2H3,(H,13,14,15). The summed E-state index contributed by atoms with van der Waals surface area (Å²) in [6.45, 7) is 3.66. The summed E-state index contributed by atoms with van der Waals surface area (Å²) in [4.78, 5) is 9.56. The van der Waals surface area contributed by atoms with Gasteiger partial charge in [-0.25, -0.2) is 9.37 Å². The summed E-state index contributed by atoms with van der Waals surface area (Å²) in [7, 11) is 1.57. The fraction of sp³-hybridized carbons (Fsp3) is 0.636. The van der Waals surface area contributed by atoms with Gasteiger partial charge in [-0.1, -0.05) is 0 Å². The molecule has 1 aromatic rings. The molecule has 1 rings (SSSR count). The highest BCUT2D eigenvalue weighted by atomic mass is 19.1. The number of ether oxygens (including phenoxy) is 1. The Kier molecular flexibility index (Phi) is 6.31. The molecule has 102 valence electrons. The molecule has 1 heterocycles. The third kappa shape index (κ3) is 4.08. The number of rotatable bonds is 8. The lowest BCUT2D eigenvalue weighted by molar-refractivity contribution is 0.202. The van der Waals surface area contributed by atoms with Gasteiger partial charge in [-0.05, 0) is 6.92 Å². The first-order valence-corrected chi connectivity index (χ1v) is 5.84. The molecule has 0 aliphatic carbocycles. The first kappa shape index (κ1) is 14.6. The average molecular weight is 258 g/mol. The maximum atomic E-state index is 13.7. The lowest BCUT2D eigenvalue weighted by atomic mass is 10.4. The van der Waals surface area contributed by atoms with E-state index in [0.717, 1.165) is 6.20 Å². The van der Waals surface area contributed by atoms with Crippen LogP contribution in [-0.4, -0.2) is 55.0 Å². The highest BCUT2D eigenvalue weighted by Crippen LogP contribution is 2.16. The molecule has 0 aliphatic heterocycles. The minimum absolute atomic E-state index is 0.0797. The van der Waals surface area contributed by atoms with Gasteiger partial charge < -0.3 is 20.1 Å². The van der Waals surface area contributed by atoms with Crippen LogP contribution in [0.15, 0.2) is 6.20 Å². The number of nitrogens with one attached hydrogen (secondary N) is 1. The van der Waals surface area contributed by atoms with Crippen LogP contribution in [0, 0.1) is 5.82 Å². The van der Waals surface area contributed by atoms with Crippen LogP contribution in [0.25, 0.3) is 0 Å². The summed E-state index contributed by atoms with van der Waals surface area (Å²) in [5.41, 5.74) is 0. The van der Waals surface area contributed by atoms with Gasteiger partial charge in [0.25, 0.3) is 0 Å². The molecule has 2 N–H and O–H groups in total. The number of aliphatic hydroxyl groups excluding tert-OH is 1. The van der Waals surface area contributed by atoms with Gasteiger partial charge in [0.15, 0.2) is 11.6 Å². The van der Waals surface area contributed by atoms with Crippen molar-refractivity contribution in [2.75, 3.05) is 50.2 Å². The molecule has 18 heavy (non-hydrogen) atoms. The lowest BCUT2D eigenvalue weighted by Crippen LogP contribution is -2.32. The molecule has 0 saturated carbocycles. The zero-order valence-corrected chi connectivity index (χ0v) is 10.7.